The average Bonchev–Trinajstić information content (AvgIpc) is 2.05. The Morgan fingerprint density at radius 1 is 1.15 bits per heavy atom. The van der Waals surface area contributed by atoms with E-state index in [1.807, 2.05) is 30.3 Å². The number of hydrogen-bond donors (Lipinski definition) is 1. The van der Waals surface area contributed by atoms with Crippen LogP contribution in [0.1, 0.15) is 5.56 Å². The molecule has 0 bridgehead atoms. The molecule has 13 heavy (non-hydrogen) atoms. The van der Waals surface area contributed by atoms with Crippen molar-refractivity contribution >= 4 is 46.6 Å². The van der Waals surface area contributed by atoms with Crippen molar-refractivity contribution in [3.05, 3.63) is 42.2 Å². The van der Waals surface area contributed by atoms with Gasteiger partial charge in [-0.3, -0.25) is 0 Å². The predicted octanol–water partition coefficient (Wildman–Crippen LogP) is 0.552. The first-order valence-corrected chi connectivity index (χ1v) is 4.41. The van der Waals surface area contributed by atoms with E-state index in [-0.39, 0.29) is 29.6 Å². The van der Waals surface area contributed by atoms with Crippen molar-refractivity contribution in [3.8, 4) is 0 Å². The fraction of sp³-hybridized carbons (Fsp3) is 0. The van der Waals surface area contributed by atoms with Gasteiger partial charge >= 0.3 is 29.6 Å². The maximum atomic E-state index is 9.95. The molecule has 66 valence electrons. The summed E-state index contributed by atoms with van der Waals surface area (Å²) < 4.78 is 24.1. The van der Waals surface area contributed by atoms with Gasteiger partial charge in [-0.2, -0.15) is 8.42 Å². The molecule has 0 amide bonds. The second-order valence-corrected chi connectivity index (χ2v) is 2.70. The van der Waals surface area contributed by atoms with Crippen molar-refractivity contribution in [1.29, 1.82) is 0 Å². The van der Waals surface area contributed by atoms with Gasteiger partial charge in [-0.1, -0.05) is 30.3 Å². The zero-order valence-electron chi connectivity index (χ0n) is 6.21. The SMILES string of the molecule is O=[SH](=O)OC=Cc1ccccc1.[NaH]. The third-order valence-corrected chi connectivity index (χ3v) is 1.50. The van der Waals surface area contributed by atoms with E-state index >= 15 is 0 Å². The number of benzene rings is 1. The summed E-state index contributed by atoms with van der Waals surface area (Å²) in [6.45, 7) is 0. The molecular formula is C8H9NaO3S. The van der Waals surface area contributed by atoms with Crippen LogP contribution in [0.5, 0.6) is 0 Å². The van der Waals surface area contributed by atoms with E-state index in [0.717, 1.165) is 11.8 Å². The molecular weight excluding hydrogens is 199 g/mol. The molecule has 0 spiro atoms. The summed E-state index contributed by atoms with van der Waals surface area (Å²) in [6, 6.07) is 9.29. The van der Waals surface area contributed by atoms with Crippen LogP contribution in [0.4, 0.5) is 0 Å². The molecule has 0 aliphatic rings. The van der Waals surface area contributed by atoms with Crippen LogP contribution in [-0.4, -0.2) is 38.0 Å². The van der Waals surface area contributed by atoms with Crippen molar-refractivity contribution in [2.45, 2.75) is 0 Å². The summed E-state index contributed by atoms with van der Waals surface area (Å²) in [6.07, 6.45) is 2.71. The fourth-order valence-electron chi connectivity index (χ4n) is 0.723. The average molecular weight is 208 g/mol. The first-order valence-electron chi connectivity index (χ1n) is 3.32. The first-order chi connectivity index (χ1) is 5.79. The summed E-state index contributed by atoms with van der Waals surface area (Å²) in [5.74, 6) is 0. The molecule has 1 aromatic carbocycles. The fourth-order valence-corrected chi connectivity index (χ4v) is 0.883. The first kappa shape index (κ1) is 12.7. The van der Waals surface area contributed by atoms with Gasteiger partial charge in [0.05, 0.1) is 0 Å². The molecule has 1 aromatic rings. The molecule has 0 N–H and O–H groups in total. The van der Waals surface area contributed by atoms with Gasteiger partial charge in [0.2, 0.25) is 0 Å². The standard InChI is InChI=1S/C8H8O3S.Na.H/c9-12(10)11-7-6-8-4-2-1-3-5-8;;/h1-7,12H;;. The Balaban J connectivity index is 0.00000144. The molecule has 0 atom stereocenters. The number of rotatable bonds is 3. The van der Waals surface area contributed by atoms with Gasteiger partial charge in [-0.25, -0.2) is 0 Å². The van der Waals surface area contributed by atoms with Crippen molar-refractivity contribution in [2.75, 3.05) is 0 Å². The monoisotopic (exact) mass is 208 g/mol. The Kier molecular flexibility index (Phi) is 6.99. The van der Waals surface area contributed by atoms with Gasteiger partial charge in [0.25, 0.3) is 11.0 Å². The van der Waals surface area contributed by atoms with Gasteiger partial charge in [0, 0.05) is 0 Å². The van der Waals surface area contributed by atoms with Crippen LogP contribution in [0, 0.1) is 0 Å². The van der Waals surface area contributed by atoms with E-state index in [1.54, 1.807) is 6.08 Å². The van der Waals surface area contributed by atoms with Crippen molar-refractivity contribution in [3.63, 3.8) is 0 Å². The van der Waals surface area contributed by atoms with Crippen LogP contribution in [0.25, 0.3) is 6.08 Å². The summed E-state index contributed by atoms with van der Waals surface area (Å²) in [5.41, 5.74) is 0.898. The molecule has 0 radical (unpaired) electrons. The van der Waals surface area contributed by atoms with E-state index in [0.29, 0.717) is 0 Å². The van der Waals surface area contributed by atoms with Gasteiger partial charge in [0.1, 0.15) is 6.26 Å². The van der Waals surface area contributed by atoms with Crippen LogP contribution in [-0.2, 0) is 15.2 Å². The van der Waals surface area contributed by atoms with Gasteiger partial charge in [0.15, 0.2) is 0 Å². The van der Waals surface area contributed by atoms with Crippen LogP contribution in [0.15, 0.2) is 36.6 Å². The van der Waals surface area contributed by atoms with E-state index in [1.165, 1.54) is 0 Å². The molecule has 0 saturated carbocycles. The summed E-state index contributed by atoms with van der Waals surface area (Å²) in [4.78, 5) is 0. The second kappa shape index (κ2) is 7.15. The molecule has 0 aromatic heterocycles. The minimum absolute atomic E-state index is 0. The van der Waals surface area contributed by atoms with E-state index in [2.05, 4.69) is 4.18 Å². The summed E-state index contributed by atoms with van der Waals surface area (Å²) in [7, 11) is -2.78. The van der Waals surface area contributed by atoms with E-state index in [4.69, 9.17) is 0 Å². The van der Waals surface area contributed by atoms with Gasteiger partial charge < -0.3 is 4.18 Å². The van der Waals surface area contributed by atoms with E-state index < -0.39 is 11.0 Å². The zero-order valence-corrected chi connectivity index (χ0v) is 7.11. The number of hydrogen-bond acceptors (Lipinski definition) is 3. The summed E-state index contributed by atoms with van der Waals surface area (Å²) in [5, 5.41) is 0. The van der Waals surface area contributed by atoms with Crippen LogP contribution in [0.2, 0.25) is 0 Å². The minimum atomic E-state index is -2.78. The quantitative estimate of drug-likeness (QED) is 0.448. The molecule has 0 unspecified atom stereocenters. The Labute approximate surface area is 101 Å². The maximum absolute atomic E-state index is 9.95. The van der Waals surface area contributed by atoms with Crippen molar-refractivity contribution in [1.82, 2.24) is 0 Å². The molecule has 0 aliphatic heterocycles. The number of thiol groups is 1. The van der Waals surface area contributed by atoms with Crippen LogP contribution >= 0.6 is 0 Å². The molecule has 0 aliphatic carbocycles. The van der Waals surface area contributed by atoms with Crippen molar-refractivity contribution < 1.29 is 12.6 Å². The van der Waals surface area contributed by atoms with E-state index in [9.17, 15) is 8.42 Å². The van der Waals surface area contributed by atoms with Gasteiger partial charge in [-0.15, -0.1) is 0 Å². The van der Waals surface area contributed by atoms with Crippen molar-refractivity contribution in [2.24, 2.45) is 0 Å². The second-order valence-electron chi connectivity index (χ2n) is 2.04. The Morgan fingerprint density at radius 3 is 2.31 bits per heavy atom. The third kappa shape index (κ3) is 5.87. The molecule has 0 fully saturated rings. The van der Waals surface area contributed by atoms with Crippen LogP contribution < -0.4 is 0 Å². The van der Waals surface area contributed by atoms with Crippen LogP contribution in [0.3, 0.4) is 0 Å². The molecule has 0 saturated heterocycles. The molecule has 5 heteroatoms. The van der Waals surface area contributed by atoms with Gasteiger partial charge in [-0.05, 0) is 11.6 Å². The Hall–Kier alpha value is -0.290. The Morgan fingerprint density at radius 2 is 1.77 bits per heavy atom. The zero-order chi connectivity index (χ0) is 8.81. The normalized spacial score (nSPS) is 9.92. The predicted molar refractivity (Wildman–Crippen MR) is 54.0 cm³/mol. The Bertz CT molecular complexity index is 325. The third-order valence-electron chi connectivity index (χ3n) is 1.21. The molecule has 1 rings (SSSR count). The summed E-state index contributed by atoms with van der Waals surface area (Å²) >= 11 is 0. The molecule has 0 heterocycles. The topological polar surface area (TPSA) is 43.4 Å². The molecule has 3 nitrogen and oxygen atoms in total.